The van der Waals surface area contributed by atoms with Crippen LogP contribution in [0.2, 0.25) is 0 Å². The van der Waals surface area contributed by atoms with Crippen LogP contribution in [0.15, 0.2) is 0 Å². The Kier molecular flexibility index (Phi) is 4.70. The first-order valence-electron chi connectivity index (χ1n) is 5.79. The SMILES string of the molecule is CCC1(C(=O)O)CCN(CC(O)CO)CC1. The van der Waals surface area contributed by atoms with Crippen molar-refractivity contribution in [2.75, 3.05) is 26.2 Å². The number of hydrogen-bond acceptors (Lipinski definition) is 4. The van der Waals surface area contributed by atoms with Crippen LogP contribution in [0.4, 0.5) is 0 Å². The number of piperidine rings is 1. The van der Waals surface area contributed by atoms with Gasteiger partial charge in [0.1, 0.15) is 0 Å². The number of β-amino-alcohol motifs (C(OH)–C–C–N with tert-alkyl or cyclic N) is 1. The lowest BCUT2D eigenvalue weighted by Crippen LogP contribution is -2.46. The average Bonchev–Trinajstić information content (AvgIpc) is 2.29. The molecule has 16 heavy (non-hydrogen) atoms. The van der Waals surface area contributed by atoms with Gasteiger partial charge in [0.2, 0.25) is 0 Å². The third-order valence-corrected chi connectivity index (χ3v) is 3.62. The van der Waals surface area contributed by atoms with Gasteiger partial charge in [-0.1, -0.05) is 6.92 Å². The summed E-state index contributed by atoms with van der Waals surface area (Å²) < 4.78 is 0. The highest BCUT2D eigenvalue weighted by atomic mass is 16.4. The number of hydrogen-bond donors (Lipinski definition) is 3. The molecule has 5 nitrogen and oxygen atoms in total. The van der Waals surface area contributed by atoms with Crippen molar-refractivity contribution < 1.29 is 20.1 Å². The minimum atomic E-state index is -0.723. The minimum Gasteiger partial charge on any atom is -0.481 e. The molecule has 0 radical (unpaired) electrons. The first-order valence-corrected chi connectivity index (χ1v) is 5.79. The molecule has 5 heteroatoms. The minimum absolute atomic E-state index is 0.242. The molecule has 0 aromatic rings. The smallest absolute Gasteiger partial charge is 0.309 e. The molecular weight excluding hydrogens is 210 g/mol. The van der Waals surface area contributed by atoms with E-state index >= 15 is 0 Å². The summed E-state index contributed by atoms with van der Waals surface area (Å²) in [5.41, 5.74) is -0.583. The topological polar surface area (TPSA) is 81.0 Å². The quantitative estimate of drug-likeness (QED) is 0.616. The van der Waals surface area contributed by atoms with E-state index in [1.54, 1.807) is 0 Å². The predicted molar refractivity (Wildman–Crippen MR) is 59.1 cm³/mol. The second kappa shape index (κ2) is 5.61. The number of carboxylic acids is 1. The van der Waals surface area contributed by atoms with Crippen molar-refractivity contribution in [2.45, 2.75) is 32.3 Å². The lowest BCUT2D eigenvalue weighted by molar-refractivity contribution is -0.152. The molecule has 1 aliphatic rings. The summed E-state index contributed by atoms with van der Waals surface area (Å²) >= 11 is 0. The maximum absolute atomic E-state index is 11.2. The molecule has 1 fully saturated rings. The van der Waals surface area contributed by atoms with E-state index in [1.165, 1.54) is 0 Å². The Morgan fingerprint density at radius 3 is 2.38 bits per heavy atom. The Balaban J connectivity index is 2.46. The van der Waals surface area contributed by atoms with Gasteiger partial charge in [0.05, 0.1) is 18.1 Å². The summed E-state index contributed by atoms with van der Waals surface area (Å²) in [5.74, 6) is -0.711. The highest BCUT2D eigenvalue weighted by molar-refractivity contribution is 5.74. The van der Waals surface area contributed by atoms with Gasteiger partial charge in [-0.3, -0.25) is 4.79 Å². The van der Waals surface area contributed by atoms with Crippen LogP contribution < -0.4 is 0 Å². The van der Waals surface area contributed by atoms with Crippen LogP contribution in [-0.2, 0) is 4.79 Å². The highest BCUT2D eigenvalue weighted by Gasteiger charge is 2.39. The lowest BCUT2D eigenvalue weighted by atomic mass is 9.76. The van der Waals surface area contributed by atoms with Crippen LogP contribution in [0.1, 0.15) is 26.2 Å². The second-order valence-electron chi connectivity index (χ2n) is 4.58. The fourth-order valence-electron chi connectivity index (χ4n) is 2.24. The molecule has 1 saturated heterocycles. The molecule has 0 aromatic carbocycles. The molecule has 0 bridgehead atoms. The van der Waals surface area contributed by atoms with Gasteiger partial charge in [0, 0.05) is 6.54 Å². The zero-order valence-electron chi connectivity index (χ0n) is 9.72. The second-order valence-corrected chi connectivity index (χ2v) is 4.58. The molecule has 0 aromatic heterocycles. The van der Waals surface area contributed by atoms with Crippen LogP contribution in [0.3, 0.4) is 0 Å². The summed E-state index contributed by atoms with van der Waals surface area (Å²) in [7, 11) is 0. The van der Waals surface area contributed by atoms with Gasteiger partial charge >= 0.3 is 5.97 Å². The molecular formula is C11H21NO4. The van der Waals surface area contributed by atoms with Crippen molar-refractivity contribution in [1.29, 1.82) is 0 Å². The monoisotopic (exact) mass is 231 g/mol. The number of rotatable bonds is 5. The molecule has 3 N–H and O–H groups in total. The zero-order valence-corrected chi connectivity index (χ0v) is 9.72. The molecule has 0 spiro atoms. The summed E-state index contributed by atoms with van der Waals surface area (Å²) in [6.45, 7) is 3.45. The van der Waals surface area contributed by atoms with Crippen molar-refractivity contribution in [3.8, 4) is 0 Å². The van der Waals surface area contributed by atoms with Crippen molar-refractivity contribution in [1.82, 2.24) is 4.90 Å². The summed E-state index contributed by atoms with van der Waals surface area (Å²) in [6, 6.07) is 0. The van der Waals surface area contributed by atoms with Crippen LogP contribution in [0.5, 0.6) is 0 Å². The Bertz CT molecular complexity index is 236. The average molecular weight is 231 g/mol. The third kappa shape index (κ3) is 2.93. The van der Waals surface area contributed by atoms with Crippen molar-refractivity contribution in [3.63, 3.8) is 0 Å². The van der Waals surface area contributed by atoms with Crippen LogP contribution in [-0.4, -0.2) is 58.5 Å². The number of aliphatic carboxylic acids is 1. The molecule has 0 amide bonds. The van der Waals surface area contributed by atoms with E-state index < -0.39 is 17.5 Å². The maximum atomic E-state index is 11.2. The van der Waals surface area contributed by atoms with Crippen molar-refractivity contribution in [2.24, 2.45) is 5.41 Å². The van der Waals surface area contributed by atoms with Gasteiger partial charge in [-0.15, -0.1) is 0 Å². The first-order chi connectivity index (χ1) is 7.54. The van der Waals surface area contributed by atoms with Crippen molar-refractivity contribution >= 4 is 5.97 Å². The molecule has 0 aliphatic carbocycles. The van der Waals surface area contributed by atoms with Crippen LogP contribution in [0.25, 0.3) is 0 Å². The molecule has 1 atom stereocenters. The van der Waals surface area contributed by atoms with E-state index in [0.29, 0.717) is 38.9 Å². The van der Waals surface area contributed by atoms with Gasteiger partial charge in [-0.2, -0.15) is 0 Å². The molecule has 0 saturated carbocycles. The predicted octanol–water partition coefficient (Wildman–Crippen LogP) is -0.0836. The first kappa shape index (κ1) is 13.4. The van der Waals surface area contributed by atoms with Crippen molar-refractivity contribution in [3.05, 3.63) is 0 Å². The van der Waals surface area contributed by atoms with E-state index in [4.69, 9.17) is 5.11 Å². The largest absolute Gasteiger partial charge is 0.481 e. The van der Waals surface area contributed by atoms with Gasteiger partial charge in [0.15, 0.2) is 0 Å². The van der Waals surface area contributed by atoms with Crippen LogP contribution >= 0.6 is 0 Å². The highest BCUT2D eigenvalue weighted by Crippen LogP contribution is 2.35. The maximum Gasteiger partial charge on any atom is 0.309 e. The summed E-state index contributed by atoms with van der Waals surface area (Å²) in [6.07, 6.45) is 1.17. The molecule has 1 aliphatic heterocycles. The van der Waals surface area contributed by atoms with E-state index in [0.717, 1.165) is 0 Å². The van der Waals surface area contributed by atoms with E-state index in [-0.39, 0.29) is 6.61 Å². The summed E-state index contributed by atoms with van der Waals surface area (Å²) in [5, 5.41) is 27.2. The number of nitrogens with zero attached hydrogens (tertiary/aromatic N) is 1. The van der Waals surface area contributed by atoms with E-state index in [2.05, 4.69) is 0 Å². The Morgan fingerprint density at radius 1 is 1.44 bits per heavy atom. The lowest BCUT2D eigenvalue weighted by Gasteiger charge is -2.38. The number of aliphatic hydroxyl groups is 2. The zero-order chi connectivity index (χ0) is 12.2. The molecule has 1 unspecified atom stereocenters. The Labute approximate surface area is 95.7 Å². The molecule has 94 valence electrons. The fourth-order valence-corrected chi connectivity index (χ4v) is 2.24. The standard InChI is InChI=1S/C11H21NO4/c1-2-11(10(15)16)3-5-12(6-4-11)7-9(14)8-13/h9,13-14H,2-8H2,1H3,(H,15,16). The third-order valence-electron chi connectivity index (χ3n) is 3.62. The fraction of sp³-hybridized carbons (Fsp3) is 0.909. The number of carboxylic acid groups (broad SMARTS) is 1. The van der Waals surface area contributed by atoms with E-state index in [9.17, 15) is 15.0 Å². The molecule has 1 rings (SSSR count). The Hall–Kier alpha value is -0.650. The Morgan fingerprint density at radius 2 is 2.00 bits per heavy atom. The van der Waals surface area contributed by atoms with E-state index in [1.807, 2.05) is 11.8 Å². The number of carbonyl (C=O) groups is 1. The summed E-state index contributed by atoms with van der Waals surface area (Å²) in [4.78, 5) is 13.2. The normalized spacial score (nSPS) is 22.9. The van der Waals surface area contributed by atoms with Gasteiger partial charge in [-0.05, 0) is 32.4 Å². The van der Waals surface area contributed by atoms with Gasteiger partial charge in [0.25, 0.3) is 0 Å². The van der Waals surface area contributed by atoms with Crippen LogP contribution in [0, 0.1) is 5.41 Å². The van der Waals surface area contributed by atoms with Gasteiger partial charge in [-0.25, -0.2) is 0 Å². The van der Waals surface area contributed by atoms with Gasteiger partial charge < -0.3 is 20.2 Å². The number of aliphatic hydroxyl groups excluding tert-OH is 2. The number of likely N-dealkylation sites (tertiary alicyclic amines) is 1. The molecule has 1 heterocycles.